The maximum Gasteiger partial charge on any atom is 0.337 e. The fourth-order valence-corrected chi connectivity index (χ4v) is 2.58. The van der Waals surface area contributed by atoms with Crippen molar-refractivity contribution in [2.75, 3.05) is 5.32 Å². The summed E-state index contributed by atoms with van der Waals surface area (Å²) in [5.41, 5.74) is -1.18. The molecule has 0 radical (unpaired) electrons. The number of anilines is 1. The Kier molecular flexibility index (Phi) is 5.80. The van der Waals surface area contributed by atoms with Crippen LogP contribution >= 0.6 is 46.4 Å². The van der Waals surface area contributed by atoms with Crippen LogP contribution in [0.4, 0.5) is 5.69 Å². The Morgan fingerprint density at radius 2 is 1.08 bits per heavy atom. The van der Waals surface area contributed by atoms with Gasteiger partial charge < -0.3 is 15.5 Å². The van der Waals surface area contributed by atoms with Crippen molar-refractivity contribution in [1.29, 1.82) is 0 Å². The lowest BCUT2D eigenvalue weighted by atomic mass is 10.1. The van der Waals surface area contributed by atoms with E-state index < -0.39 is 23.4 Å². The third-order valence-corrected chi connectivity index (χ3v) is 4.52. The average molecular weight is 423 g/mol. The molecule has 0 spiro atoms. The molecule has 0 aliphatic heterocycles. The number of carbonyl (C=O) groups excluding carboxylic acids is 1. The van der Waals surface area contributed by atoms with Crippen molar-refractivity contribution in [2.45, 2.75) is 0 Å². The summed E-state index contributed by atoms with van der Waals surface area (Å²) in [6, 6.07) is 4.30. The maximum atomic E-state index is 12.4. The summed E-state index contributed by atoms with van der Waals surface area (Å²) in [6.07, 6.45) is 0. The first kappa shape index (κ1) is 19.3. The molecule has 2 rings (SSSR count). The summed E-state index contributed by atoms with van der Waals surface area (Å²) in [7, 11) is 0. The van der Waals surface area contributed by atoms with Crippen molar-refractivity contribution in [3.63, 3.8) is 0 Å². The molecule has 0 aliphatic rings. The van der Waals surface area contributed by atoms with Gasteiger partial charge in [-0.1, -0.05) is 46.4 Å². The predicted octanol–water partition coefficient (Wildman–Crippen LogP) is 4.95. The summed E-state index contributed by atoms with van der Waals surface area (Å²) in [5, 5.41) is 20.6. The number of hydrogen-bond acceptors (Lipinski definition) is 3. The molecule has 0 atom stereocenters. The lowest BCUT2D eigenvalue weighted by molar-refractivity contribution is 0.0684. The van der Waals surface area contributed by atoms with Gasteiger partial charge in [-0.15, -0.1) is 0 Å². The summed E-state index contributed by atoms with van der Waals surface area (Å²) < 4.78 is 0. The normalized spacial score (nSPS) is 10.4. The lowest BCUT2D eigenvalue weighted by Gasteiger charge is -2.12. The van der Waals surface area contributed by atoms with Gasteiger partial charge >= 0.3 is 11.9 Å². The van der Waals surface area contributed by atoms with E-state index in [0.717, 1.165) is 24.3 Å². The molecule has 2 aromatic carbocycles. The first-order chi connectivity index (χ1) is 11.6. The molecule has 1 amide bonds. The van der Waals surface area contributed by atoms with Crippen LogP contribution in [0.25, 0.3) is 0 Å². The third-order valence-electron chi connectivity index (χ3n) is 3.07. The molecule has 10 heteroatoms. The molecule has 0 aliphatic carbocycles. The third kappa shape index (κ3) is 4.16. The van der Waals surface area contributed by atoms with Gasteiger partial charge in [-0.25, -0.2) is 9.59 Å². The number of carbonyl (C=O) groups is 3. The van der Waals surface area contributed by atoms with Crippen molar-refractivity contribution >= 4 is 69.9 Å². The molecule has 130 valence electrons. The minimum absolute atomic E-state index is 0.00885. The van der Waals surface area contributed by atoms with Gasteiger partial charge in [-0.3, -0.25) is 4.79 Å². The zero-order valence-corrected chi connectivity index (χ0v) is 15.0. The largest absolute Gasteiger partial charge is 0.478 e. The molecule has 0 saturated heterocycles. The van der Waals surface area contributed by atoms with Gasteiger partial charge in [0.25, 0.3) is 5.91 Å². The molecule has 0 fully saturated rings. The number of carboxylic acids is 2. The van der Waals surface area contributed by atoms with E-state index in [9.17, 15) is 24.6 Å². The Bertz CT molecular complexity index is 913. The topological polar surface area (TPSA) is 104 Å². The van der Waals surface area contributed by atoms with Crippen LogP contribution in [0.5, 0.6) is 0 Å². The molecule has 0 aromatic heterocycles. The number of nitrogens with one attached hydrogen (secondary N) is 1. The molecule has 2 aromatic rings. The maximum absolute atomic E-state index is 12.4. The smallest absolute Gasteiger partial charge is 0.337 e. The van der Waals surface area contributed by atoms with Crippen molar-refractivity contribution in [3.8, 4) is 0 Å². The second kappa shape index (κ2) is 7.49. The standard InChI is InChI=1S/C15H7Cl4NO5/c16-8-1-5(6(14(22)23)2-9(8)17)13(21)20-12-4-11(19)10(18)3-7(12)15(24)25/h1-4H,(H,20,21)(H,22,23)(H,24,25). The lowest BCUT2D eigenvalue weighted by Crippen LogP contribution is -2.18. The van der Waals surface area contributed by atoms with Crippen molar-refractivity contribution < 1.29 is 24.6 Å². The van der Waals surface area contributed by atoms with E-state index in [2.05, 4.69) is 5.32 Å². The Morgan fingerprint density at radius 3 is 1.56 bits per heavy atom. The van der Waals surface area contributed by atoms with Gasteiger partial charge in [-0.05, 0) is 24.3 Å². The number of aromatic carboxylic acids is 2. The SMILES string of the molecule is O=C(O)c1cc(Cl)c(Cl)cc1NC(=O)c1cc(Cl)c(Cl)cc1C(=O)O. The Morgan fingerprint density at radius 1 is 0.680 bits per heavy atom. The van der Waals surface area contributed by atoms with Crippen LogP contribution in [0.15, 0.2) is 24.3 Å². The Balaban J connectivity index is 2.51. The summed E-state index contributed by atoms with van der Waals surface area (Å²) >= 11 is 23.2. The number of carboxylic acid groups (broad SMARTS) is 2. The van der Waals surface area contributed by atoms with Gasteiger partial charge in [0, 0.05) is 0 Å². The molecule has 0 bridgehead atoms. The van der Waals surface area contributed by atoms with E-state index in [4.69, 9.17) is 46.4 Å². The van der Waals surface area contributed by atoms with Crippen LogP contribution in [0, 0.1) is 0 Å². The van der Waals surface area contributed by atoms with E-state index in [1.165, 1.54) is 0 Å². The van der Waals surface area contributed by atoms with Crippen LogP contribution in [0.2, 0.25) is 20.1 Å². The van der Waals surface area contributed by atoms with Crippen LogP contribution in [-0.2, 0) is 0 Å². The second-order valence-corrected chi connectivity index (χ2v) is 6.32. The number of halogens is 4. The van der Waals surface area contributed by atoms with Gasteiger partial charge in [-0.2, -0.15) is 0 Å². The van der Waals surface area contributed by atoms with Gasteiger partial charge in [0.2, 0.25) is 0 Å². The Labute approximate surface area is 160 Å². The van der Waals surface area contributed by atoms with Crippen LogP contribution in [-0.4, -0.2) is 28.1 Å². The summed E-state index contributed by atoms with van der Waals surface area (Å²) in [6.45, 7) is 0. The highest BCUT2D eigenvalue weighted by Crippen LogP contribution is 2.31. The Hall–Kier alpha value is -1.99. The first-order valence-corrected chi connectivity index (χ1v) is 7.89. The molecular weight excluding hydrogens is 416 g/mol. The molecule has 25 heavy (non-hydrogen) atoms. The van der Waals surface area contributed by atoms with Crippen molar-refractivity contribution in [2.24, 2.45) is 0 Å². The highest BCUT2D eigenvalue weighted by Gasteiger charge is 2.22. The van der Waals surface area contributed by atoms with E-state index in [0.29, 0.717) is 0 Å². The van der Waals surface area contributed by atoms with Gasteiger partial charge in [0.05, 0.1) is 42.5 Å². The average Bonchev–Trinajstić information content (AvgIpc) is 2.52. The second-order valence-electron chi connectivity index (χ2n) is 4.69. The minimum Gasteiger partial charge on any atom is -0.478 e. The van der Waals surface area contributed by atoms with E-state index >= 15 is 0 Å². The fraction of sp³-hybridized carbons (Fsp3) is 0. The fourth-order valence-electron chi connectivity index (χ4n) is 1.93. The number of rotatable bonds is 4. The molecule has 0 heterocycles. The zero-order chi connectivity index (χ0) is 18.9. The molecule has 3 N–H and O–H groups in total. The summed E-state index contributed by atoms with van der Waals surface area (Å²) in [5.74, 6) is -3.67. The van der Waals surface area contributed by atoms with E-state index in [1.807, 2.05) is 0 Å². The number of benzene rings is 2. The van der Waals surface area contributed by atoms with Crippen LogP contribution < -0.4 is 5.32 Å². The minimum atomic E-state index is -1.41. The molecule has 0 saturated carbocycles. The number of amides is 1. The zero-order valence-electron chi connectivity index (χ0n) is 11.9. The first-order valence-electron chi connectivity index (χ1n) is 6.37. The monoisotopic (exact) mass is 421 g/mol. The van der Waals surface area contributed by atoms with Gasteiger partial charge in [0.1, 0.15) is 0 Å². The summed E-state index contributed by atoms with van der Waals surface area (Å²) in [4.78, 5) is 35.0. The highest BCUT2D eigenvalue weighted by atomic mass is 35.5. The predicted molar refractivity (Wildman–Crippen MR) is 94.8 cm³/mol. The number of hydrogen-bond donors (Lipinski definition) is 3. The van der Waals surface area contributed by atoms with Crippen LogP contribution in [0.3, 0.4) is 0 Å². The highest BCUT2D eigenvalue weighted by molar-refractivity contribution is 6.43. The van der Waals surface area contributed by atoms with E-state index in [1.54, 1.807) is 0 Å². The quantitative estimate of drug-likeness (QED) is 0.646. The van der Waals surface area contributed by atoms with Crippen molar-refractivity contribution in [1.82, 2.24) is 0 Å². The van der Waals surface area contributed by atoms with E-state index in [-0.39, 0.29) is 36.9 Å². The molecule has 0 unspecified atom stereocenters. The van der Waals surface area contributed by atoms with Crippen LogP contribution in [0.1, 0.15) is 31.1 Å². The molecule has 6 nitrogen and oxygen atoms in total. The van der Waals surface area contributed by atoms with Gasteiger partial charge in [0.15, 0.2) is 0 Å². The molecular formula is C15H7Cl4NO5. The van der Waals surface area contributed by atoms with Crippen molar-refractivity contribution in [3.05, 3.63) is 61.0 Å².